The number of pyridine rings is 1. The molecule has 0 aliphatic carbocycles. The maximum absolute atomic E-state index is 13.4. The lowest BCUT2D eigenvalue weighted by Gasteiger charge is -2.21. The zero-order chi connectivity index (χ0) is 22.5. The number of carbonyl (C=O) groups excluding carboxylic acids is 1. The summed E-state index contributed by atoms with van der Waals surface area (Å²) in [6.07, 6.45) is 3.78. The van der Waals surface area contributed by atoms with Crippen LogP contribution in [0.3, 0.4) is 0 Å². The first-order valence-electron chi connectivity index (χ1n) is 10.6. The largest absolute Gasteiger partial charge is 0.381 e. The van der Waals surface area contributed by atoms with Gasteiger partial charge in [-0.3, -0.25) is 9.78 Å². The van der Waals surface area contributed by atoms with E-state index < -0.39 is 11.6 Å². The van der Waals surface area contributed by atoms with E-state index in [1.807, 2.05) is 30.3 Å². The third kappa shape index (κ3) is 5.69. The number of benzene rings is 2. The van der Waals surface area contributed by atoms with E-state index in [2.05, 4.69) is 15.6 Å². The molecule has 1 aliphatic heterocycles. The average Bonchev–Trinajstić information content (AvgIpc) is 2.79. The van der Waals surface area contributed by atoms with Gasteiger partial charge in [0.2, 0.25) is 0 Å². The lowest BCUT2D eigenvalue weighted by molar-refractivity contribution is -0.122. The van der Waals surface area contributed by atoms with Gasteiger partial charge in [-0.2, -0.15) is 0 Å². The van der Waals surface area contributed by atoms with Gasteiger partial charge in [-0.25, -0.2) is 8.78 Å². The summed E-state index contributed by atoms with van der Waals surface area (Å²) in [7, 11) is 0. The second-order valence-corrected chi connectivity index (χ2v) is 8.46. The zero-order valence-electron chi connectivity index (χ0n) is 17.5. The van der Waals surface area contributed by atoms with E-state index in [-0.39, 0.29) is 24.7 Å². The van der Waals surface area contributed by atoms with Crippen LogP contribution in [0.25, 0.3) is 11.1 Å². The Labute approximate surface area is 191 Å². The van der Waals surface area contributed by atoms with Crippen LogP contribution in [0, 0.1) is 17.6 Å². The van der Waals surface area contributed by atoms with E-state index in [0.717, 1.165) is 48.8 Å². The van der Waals surface area contributed by atoms with Crippen molar-refractivity contribution in [1.82, 2.24) is 10.3 Å². The molecule has 4 rings (SSSR count). The Bertz CT molecular complexity index is 1100. The quantitative estimate of drug-likeness (QED) is 0.500. The molecule has 1 aromatic heterocycles. The van der Waals surface area contributed by atoms with Crippen LogP contribution in [0.15, 0.2) is 54.7 Å². The first-order chi connectivity index (χ1) is 15.5. The molecule has 0 unspecified atom stereocenters. The van der Waals surface area contributed by atoms with Crippen molar-refractivity contribution in [3.63, 3.8) is 0 Å². The Kier molecular flexibility index (Phi) is 7.12. The summed E-state index contributed by atoms with van der Waals surface area (Å²) in [5, 5.41) is 6.95. The molecule has 0 bridgehead atoms. The standard InChI is InChI=1S/C25H24ClF2N3O/c26-24-15-31-22(12-25(32)18-4-2-6-29-14-18)11-23(24)17-3-1-5-21(9-17)30-13-16-7-19(27)10-20(28)8-16/h1,3,5,7-11,15,18,29-30H,2,4,6,12-14H2/t18-/m1/s1. The molecule has 7 heteroatoms. The van der Waals surface area contributed by atoms with E-state index in [1.165, 1.54) is 12.1 Å². The molecule has 1 aliphatic rings. The van der Waals surface area contributed by atoms with E-state index in [1.54, 1.807) is 6.20 Å². The SMILES string of the molecule is O=C(Cc1cc(-c2cccc(NCc3cc(F)cc(F)c3)c2)c(Cl)cn1)[C@@H]1CCCNC1. The molecule has 0 saturated carbocycles. The number of Topliss-reactive ketones (excluding diaryl/α,β-unsaturated/α-hetero) is 1. The van der Waals surface area contributed by atoms with Crippen molar-refractivity contribution in [1.29, 1.82) is 0 Å². The number of anilines is 1. The Morgan fingerprint density at radius 1 is 1.16 bits per heavy atom. The highest BCUT2D eigenvalue weighted by atomic mass is 35.5. The molecule has 3 aromatic rings. The van der Waals surface area contributed by atoms with Crippen LogP contribution in [0.1, 0.15) is 24.1 Å². The van der Waals surface area contributed by atoms with Crippen LogP contribution >= 0.6 is 11.6 Å². The highest BCUT2D eigenvalue weighted by Gasteiger charge is 2.21. The fourth-order valence-corrected chi connectivity index (χ4v) is 4.18. The van der Waals surface area contributed by atoms with Crippen molar-refractivity contribution in [3.05, 3.63) is 82.6 Å². The van der Waals surface area contributed by atoms with Crippen LogP contribution in [-0.2, 0) is 17.8 Å². The molecule has 166 valence electrons. The average molecular weight is 456 g/mol. The Balaban J connectivity index is 1.49. The van der Waals surface area contributed by atoms with Gasteiger partial charge in [-0.15, -0.1) is 0 Å². The number of hydrogen-bond donors (Lipinski definition) is 2. The molecule has 1 fully saturated rings. The van der Waals surface area contributed by atoms with Crippen LogP contribution in [-0.4, -0.2) is 23.9 Å². The number of rotatable bonds is 7. The predicted molar refractivity (Wildman–Crippen MR) is 123 cm³/mol. The van der Waals surface area contributed by atoms with Gasteiger partial charge in [0.05, 0.1) is 5.02 Å². The van der Waals surface area contributed by atoms with Gasteiger partial charge >= 0.3 is 0 Å². The molecule has 1 atom stereocenters. The lowest BCUT2D eigenvalue weighted by Crippen LogP contribution is -2.35. The summed E-state index contributed by atoms with van der Waals surface area (Å²) >= 11 is 6.41. The number of halogens is 3. The summed E-state index contributed by atoms with van der Waals surface area (Å²) in [5.74, 6) is -0.990. The lowest BCUT2D eigenvalue weighted by atomic mass is 9.92. The van der Waals surface area contributed by atoms with Crippen LogP contribution in [0.2, 0.25) is 5.02 Å². The molecular weight excluding hydrogens is 432 g/mol. The summed E-state index contributed by atoms with van der Waals surface area (Å²) < 4.78 is 26.8. The molecule has 4 nitrogen and oxygen atoms in total. The fourth-order valence-electron chi connectivity index (χ4n) is 3.96. The zero-order valence-corrected chi connectivity index (χ0v) is 18.3. The van der Waals surface area contributed by atoms with Crippen molar-refractivity contribution in [3.8, 4) is 11.1 Å². The van der Waals surface area contributed by atoms with Gasteiger partial charge in [-0.05, 0) is 60.8 Å². The molecule has 2 aromatic carbocycles. The summed E-state index contributed by atoms with van der Waals surface area (Å²) in [4.78, 5) is 17.0. The van der Waals surface area contributed by atoms with Crippen LogP contribution in [0.5, 0.6) is 0 Å². The Morgan fingerprint density at radius 3 is 2.72 bits per heavy atom. The number of hydrogen-bond acceptors (Lipinski definition) is 4. The number of nitrogens with one attached hydrogen (secondary N) is 2. The van der Waals surface area contributed by atoms with Gasteiger partial charge in [0, 0.05) is 54.6 Å². The molecule has 2 heterocycles. The monoisotopic (exact) mass is 455 g/mol. The molecule has 0 radical (unpaired) electrons. The minimum atomic E-state index is -0.606. The first-order valence-corrected chi connectivity index (χ1v) is 11.0. The molecule has 0 amide bonds. The smallest absolute Gasteiger partial charge is 0.143 e. The van der Waals surface area contributed by atoms with Crippen LogP contribution in [0.4, 0.5) is 14.5 Å². The van der Waals surface area contributed by atoms with Gasteiger partial charge in [0.25, 0.3) is 0 Å². The number of ketones is 1. The van der Waals surface area contributed by atoms with Crippen molar-refractivity contribution in [2.45, 2.75) is 25.8 Å². The highest BCUT2D eigenvalue weighted by Crippen LogP contribution is 2.30. The van der Waals surface area contributed by atoms with E-state index >= 15 is 0 Å². The van der Waals surface area contributed by atoms with Gasteiger partial charge < -0.3 is 10.6 Å². The Morgan fingerprint density at radius 2 is 1.97 bits per heavy atom. The third-order valence-corrected chi connectivity index (χ3v) is 5.91. The third-order valence-electron chi connectivity index (χ3n) is 5.61. The predicted octanol–water partition coefficient (Wildman–Crippen LogP) is 5.40. The van der Waals surface area contributed by atoms with Crippen molar-refractivity contribution >= 4 is 23.1 Å². The number of carbonyl (C=O) groups is 1. The maximum atomic E-state index is 13.4. The number of piperidine rings is 1. The maximum Gasteiger partial charge on any atom is 0.143 e. The van der Waals surface area contributed by atoms with E-state index in [0.29, 0.717) is 16.3 Å². The van der Waals surface area contributed by atoms with Gasteiger partial charge in [0.1, 0.15) is 17.4 Å². The van der Waals surface area contributed by atoms with Crippen molar-refractivity contribution in [2.75, 3.05) is 18.4 Å². The van der Waals surface area contributed by atoms with Crippen molar-refractivity contribution < 1.29 is 13.6 Å². The summed E-state index contributed by atoms with van der Waals surface area (Å²) in [6, 6.07) is 12.9. The normalized spacial score (nSPS) is 16.0. The van der Waals surface area contributed by atoms with Crippen molar-refractivity contribution in [2.24, 2.45) is 5.92 Å². The minimum absolute atomic E-state index is 0.0323. The highest BCUT2D eigenvalue weighted by molar-refractivity contribution is 6.33. The summed E-state index contributed by atoms with van der Waals surface area (Å²) in [5.41, 5.74) is 3.62. The summed E-state index contributed by atoms with van der Waals surface area (Å²) in [6.45, 7) is 1.96. The molecular formula is C25H24ClF2N3O. The topological polar surface area (TPSA) is 54.0 Å². The second-order valence-electron chi connectivity index (χ2n) is 8.05. The number of nitrogens with zero attached hydrogens (tertiary/aromatic N) is 1. The second kappa shape index (κ2) is 10.2. The van der Waals surface area contributed by atoms with E-state index in [4.69, 9.17) is 11.6 Å². The Hall–Kier alpha value is -2.83. The molecule has 0 spiro atoms. The van der Waals surface area contributed by atoms with Gasteiger partial charge in [-0.1, -0.05) is 23.7 Å². The van der Waals surface area contributed by atoms with E-state index in [9.17, 15) is 13.6 Å². The minimum Gasteiger partial charge on any atom is -0.381 e. The number of aromatic nitrogens is 1. The molecule has 32 heavy (non-hydrogen) atoms. The molecule has 2 N–H and O–H groups in total. The van der Waals surface area contributed by atoms with Crippen LogP contribution < -0.4 is 10.6 Å². The first kappa shape index (κ1) is 22.4. The van der Waals surface area contributed by atoms with Gasteiger partial charge in [0.15, 0.2) is 0 Å². The fraction of sp³-hybridized carbons (Fsp3) is 0.280. The molecule has 1 saturated heterocycles.